The molecule has 0 aliphatic carbocycles. The van der Waals surface area contributed by atoms with E-state index in [2.05, 4.69) is 15.2 Å². The molecule has 3 heterocycles. The molecule has 0 radical (unpaired) electrons. The Balaban J connectivity index is 1.68. The van der Waals surface area contributed by atoms with Gasteiger partial charge in [-0.2, -0.15) is 0 Å². The highest BCUT2D eigenvalue weighted by molar-refractivity contribution is 5.96. The number of hydrogen-bond donors (Lipinski definition) is 2. The Morgan fingerprint density at radius 1 is 1.40 bits per heavy atom. The molecule has 8 heteroatoms. The largest absolute Gasteiger partial charge is 0.379 e. The molecule has 1 aromatic rings. The molecule has 1 fully saturated rings. The van der Waals surface area contributed by atoms with Gasteiger partial charge >= 0.3 is 6.03 Å². The van der Waals surface area contributed by atoms with Gasteiger partial charge < -0.3 is 15.4 Å². The summed E-state index contributed by atoms with van der Waals surface area (Å²) < 4.78 is 5.34. The van der Waals surface area contributed by atoms with Gasteiger partial charge in [-0.1, -0.05) is 0 Å². The molecule has 134 valence electrons. The summed E-state index contributed by atoms with van der Waals surface area (Å²) in [6.07, 6.45) is 3.32. The van der Waals surface area contributed by atoms with Crippen molar-refractivity contribution in [1.29, 1.82) is 0 Å². The molecular weight excluding hydrogens is 322 g/mol. The van der Waals surface area contributed by atoms with Gasteiger partial charge in [0.25, 0.3) is 0 Å². The number of pyridine rings is 1. The zero-order valence-corrected chi connectivity index (χ0v) is 14.3. The number of carbonyl (C=O) groups is 2. The van der Waals surface area contributed by atoms with Crippen LogP contribution in [0.3, 0.4) is 0 Å². The minimum absolute atomic E-state index is 0.134. The highest BCUT2D eigenvalue weighted by Gasteiger charge is 2.24. The number of rotatable bonds is 5. The lowest BCUT2D eigenvalue weighted by Crippen LogP contribution is -2.45. The van der Waals surface area contributed by atoms with Crippen LogP contribution in [0.5, 0.6) is 0 Å². The lowest BCUT2D eigenvalue weighted by atomic mass is 10.1. The number of carbonyl (C=O) groups excluding carboxylic acids is 2. The second-order valence-corrected chi connectivity index (χ2v) is 6.27. The van der Waals surface area contributed by atoms with Gasteiger partial charge in [0.2, 0.25) is 5.91 Å². The van der Waals surface area contributed by atoms with Crippen molar-refractivity contribution in [3.63, 3.8) is 0 Å². The van der Waals surface area contributed by atoms with Crippen LogP contribution < -0.4 is 11.1 Å². The van der Waals surface area contributed by atoms with Crippen LogP contribution in [0, 0.1) is 0 Å². The Morgan fingerprint density at radius 3 is 2.88 bits per heavy atom. The van der Waals surface area contributed by atoms with Crippen molar-refractivity contribution >= 4 is 23.8 Å². The van der Waals surface area contributed by atoms with Gasteiger partial charge in [0.05, 0.1) is 19.8 Å². The van der Waals surface area contributed by atoms with Gasteiger partial charge in [-0.25, -0.2) is 9.78 Å². The van der Waals surface area contributed by atoms with Crippen LogP contribution in [0.15, 0.2) is 17.8 Å². The number of morpholine rings is 1. The smallest absolute Gasteiger partial charge is 0.323 e. The SMILES string of the molecule is CC(=Cc1cnc2c(c1)CN(CCN1CCOCC1)C(=O)N2)C(N)=O. The summed E-state index contributed by atoms with van der Waals surface area (Å²) in [5, 5.41) is 2.82. The van der Waals surface area contributed by atoms with Crippen LogP contribution in [0.4, 0.5) is 10.6 Å². The first kappa shape index (κ1) is 17.4. The highest BCUT2D eigenvalue weighted by Crippen LogP contribution is 2.23. The maximum Gasteiger partial charge on any atom is 0.323 e. The Labute approximate surface area is 146 Å². The number of amides is 3. The zero-order chi connectivity index (χ0) is 17.8. The van der Waals surface area contributed by atoms with Crippen molar-refractivity contribution in [2.45, 2.75) is 13.5 Å². The molecule has 0 unspecified atom stereocenters. The van der Waals surface area contributed by atoms with E-state index < -0.39 is 5.91 Å². The standard InChI is InChI=1S/C17H23N5O3/c1-12(15(18)23)8-13-9-14-11-22(17(24)20-16(14)19-10-13)3-2-21-4-6-25-7-5-21/h8-10H,2-7,11H2,1H3,(H2,18,23)(H,19,20,24). The highest BCUT2D eigenvalue weighted by atomic mass is 16.5. The normalized spacial score (nSPS) is 18.7. The van der Waals surface area contributed by atoms with Gasteiger partial charge in [-0.3, -0.25) is 15.0 Å². The second kappa shape index (κ2) is 7.62. The molecule has 1 aromatic heterocycles. The van der Waals surface area contributed by atoms with Gasteiger partial charge in [-0.05, 0) is 24.6 Å². The minimum atomic E-state index is -0.460. The van der Waals surface area contributed by atoms with E-state index in [-0.39, 0.29) is 6.03 Å². The molecule has 0 spiro atoms. The van der Waals surface area contributed by atoms with Crippen LogP contribution in [0.1, 0.15) is 18.1 Å². The molecule has 0 atom stereocenters. The van der Waals surface area contributed by atoms with Crippen molar-refractivity contribution in [3.8, 4) is 0 Å². The zero-order valence-electron chi connectivity index (χ0n) is 14.3. The van der Waals surface area contributed by atoms with Crippen molar-refractivity contribution in [2.24, 2.45) is 5.73 Å². The maximum atomic E-state index is 12.2. The molecule has 2 aliphatic rings. The molecule has 25 heavy (non-hydrogen) atoms. The van der Waals surface area contributed by atoms with Gasteiger partial charge in [0, 0.05) is 43.5 Å². The van der Waals surface area contributed by atoms with E-state index in [1.54, 1.807) is 24.1 Å². The third-order valence-corrected chi connectivity index (χ3v) is 4.42. The number of nitrogens with two attached hydrogens (primary N) is 1. The Hall–Kier alpha value is -2.45. The minimum Gasteiger partial charge on any atom is -0.379 e. The molecule has 3 amide bonds. The monoisotopic (exact) mass is 345 g/mol. The van der Waals surface area contributed by atoms with E-state index in [1.807, 2.05) is 6.07 Å². The first-order valence-corrected chi connectivity index (χ1v) is 8.36. The molecule has 3 rings (SSSR count). The fraction of sp³-hybridized carbons (Fsp3) is 0.471. The van der Waals surface area contributed by atoms with Crippen LogP contribution in [0.25, 0.3) is 6.08 Å². The molecule has 0 bridgehead atoms. The number of nitrogens with one attached hydrogen (secondary N) is 1. The van der Waals surface area contributed by atoms with Crippen LogP contribution >= 0.6 is 0 Å². The lowest BCUT2D eigenvalue weighted by Gasteiger charge is -2.32. The van der Waals surface area contributed by atoms with E-state index in [9.17, 15) is 9.59 Å². The van der Waals surface area contributed by atoms with Crippen LogP contribution in [-0.2, 0) is 16.1 Å². The third kappa shape index (κ3) is 4.34. The van der Waals surface area contributed by atoms with E-state index in [0.29, 0.717) is 24.5 Å². The number of hydrogen-bond acceptors (Lipinski definition) is 5. The average Bonchev–Trinajstić information content (AvgIpc) is 2.61. The van der Waals surface area contributed by atoms with E-state index in [1.165, 1.54) is 0 Å². The third-order valence-electron chi connectivity index (χ3n) is 4.42. The summed E-state index contributed by atoms with van der Waals surface area (Å²) in [5.41, 5.74) is 7.44. The van der Waals surface area contributed by atoms with Crippen molar-refractivity contribution < 1.29 is 14.3 Å². The topological polar surface area (TPSA) is 101 Å². The fourth-order valence-electron chi connectivity index (χ4n) is 2.89. The Morgan fingerprint density at radius 2 is 2.16 bits per heavy atom. The van der Waals surface area contributed by atoms with Crippen molar-refractivity contribution in [3.05, 3.63) is 29.0 Å². The van der Waals surface area contributed by atoms with Crippen molar-refractivity contribution in [1.82, 2.24) is 14.8 Å². The molecule has 0 aromatic carbocycles. The summed E-state index contributed by atoms with van der Waals surface area (Å²) in [6, 6.07) is 1.79. The number of urea groups is 1. The molecule has 1 saturated heterocycles. The maximum absolute atomic E-state index is 12.2. The van der Waals surface area contributed by atoms with Gasteiger partial charge in [0.1, 0.15) is 5.82 Å². The fourth-order valence-corrected chi connectivity index (χ4v) is 2.89. The summed E-state index contributed by atoms with van der Waals surface area (Å²) in [6.45, 7) is 6.91. The number of aromatic nitrogens is 1. The quantitative estimate of drug-likeness (QED) is 0.763. The van der Waals surface area contributed by atoms with E-state index in [4.69, 9.17) is 10.5 Å². The molecule has 0 saturated carbocycles. The second-order valence-electron chi connectivity index (χ2n) is 6.27. The Kier molecular flexibility index (Phi) is 5.30. The van der Waals surface area contributed by atoms with E-state index >= 15 is 0 Å². The predicted molar refractivity (Wildman–Crippen MR) is 93.8 cm³/mol. The Bertz CT molecular complexity index is 698. The number of primary amides is 1. The molecule has 3 N–H and O–H groups in total. The number of ether oxygens (including phenoxy) is 1. The van der Waals surface area contributed by atoms with E-state index in [0.717, 1.165) is 44.0 Å². The number of fused-ring (bicyclic) bond motifs is 1. The summed E-state index contributed by atoms with van der Waals surface area (Å²) >= 11 is 0. The van der Waals surface area contributed by atoms with Crippen LogP contribution in [-0.4, -0.2) is 66.1 Å². The number of anilines is 1. The summed E-state index contributed by atoms with van der Waals surface area (Å²) in [4.78, 5) is 31.8. The average molecular weight is 345 g/mol. The first-order chi connectivity index (χ1) is 12.0. The molecule has 2 aliphatic heterocycles. The van der Waals surface area contributed by atoms with Crippen molar-refractivity contribution in [2.75, 3.05) is 44.7 Å². The van der Waals surface area contributed by atoms with Gasteiger partial charge in [0.15, 0.2) is 0 Å². The predicted octanol–water partition coefficient (Wildman–Crippen LogP) is 0.650. The lowest BCUT2D eigenvalue weighted by molar-refractivity contribution is -0.114. The summed E-state index contributed by atoms with van der Waals surface area (Å²) in [7, 11) is 0. The number of nitrogens with zero attached hydrogens (tertiary/aromatic N) is 3. The molecule has 8 nitrogen and oxygen atoms in total. The summed E-state index contributed by atoms with van der Waals surface area (Å²) in [5.74, 6) is 0.111. The van der Waals surface area contributed by atoms with Gasteiger partial charge in [-0.15, -0.1) is 0 Å². The van der Waals surface area contributed by atoms with Crippen LogP contribution in [0.2, 0.25) is 0 Å². The molecular formula is C17H23N5O3. The first-order valence-electron chi connectivity index (χ1n) is 8.36.